The maximum atomic E-state index is 12.2. The van der Waals surface area contributed by atoms with Crippen molar-refractivity contribution < 1.29 is 5.11 Å². The summed E-state index contributed by atoms with van der Waals surface area (Å²) in [6.45, 7) is 15.0. The molecule has 4 aromatic rings. The number of aromatic nitrogens is 1. The molecule has 0 radical (unpaired) electrons. The average molecular weight is 511 g/mol. The van der Waals surface area contributed by atoms with Crippen LogP contribution in [-0.2, 0) is 13.0 Å². The lowest BCUT2D eigenvalue weighted by Crippen LogP contribution is -2.48. The highest BCUT2D eigenvalue weighted by atomic mass is 16.3. The highest BCUT2D eigenvalue weighted by Crippen LogP contribution is 2.43. The van der Waals surface area contributed by atoms with Crippen LogP contribution in [0.5, 0.6) is 0 Å². The minimum atomic E-state index is -0.806. The molecule has 1 unspecified atom stereocenters. The summed E-state index contributed by atoms with van der Waals surface area (Å²) in [7, 11) is 0. The van der Waals surface area contributed by atoms with Crippen molar-refractivity contribution in [2.24, 2.45) is 0 Å². The third-order valence-electron chi connectivity index (χ3n) is 7.40. The van der Waals surface area contributed by atoms with E-state index in [-0.39, 0.29) is 5.92 Å². The molecule has 1 aliphatic rings. The first-order valence-electron chi connectivity index (χ1n) is 14.5. The predicted molar refractivity (Wildman–Crippen MR) is 163 cm³/mol. The Morgan fingerprint density at radius 2 is 1.45 bits per heavy atom. The summed E-state index contributed by atoms with van der Waals surface area (Å²) in [5.41, 5.74) is 6.27. The van der Waals surface area contributed by atoms with Crippen molar-refractivity contribution in [3.8, 4) is 0 Å². The van der Waals surface area contributed by atoms with E-state index >= 15 is 0 Å². The van der Waals surface area contributed by atoms with Crippen LogP contribution in [0, 0.1) is 6.92 Å². The summed E-state index contributed by atoms with van der Waals surface area (Å²) in [4.78, 5) is 7.50. The Hall–Kier alpha value is -3.01. The van der Waals surface area contributed by atoms with Gasteiger partial charge in [0.1, 0.15) is 0 Å². The number of pyridine rings is 1. The zero-order chi connectivity index (χ0) is 27.5. The molecule has 38 heavy (non-hydrogen) atoms. The van der Waals surface area contributed by atoms with Gasteiger partial charge in [0.2, 0.25) is 0 Å². The lowest BCUT2D eigenvalue weighted by Gasteiger charge is -2.44. The maximum Gasteiger partial charge on any atom is 0.0781 e. The highest BCUT2D eigenvalue weighted by Gasteiger charge is 2.42. The number of para-hydroxylation sites is 1. The van der Waals surface area contributed by atoms with Crippen molar-refractivity contribution in [2.75, 3.05) is 13.1 Å². The zero-order valence-electron chi connectivity index (χ0n) is 24.2. The van der Waals surface area contributed by atoms with Gasteiger partial charge in [-0.1, -0.05) is 113 Å². The summed E-state index contributed by atoms with van der Waals surface area (Å²) in [5.74, 6) is -0.0951. The monoisotopic (exact) mass is 510 g/mol. The summed E-state index contributed by atoms with van der Waals surface area (Å²) < 4.78 is 0. The molecule has 0 saturated carbocycles. The van der Waals surface area contributed by atoms with Gasteiger partial charge in [0.15, 0.2) is 0 Å². The second kappa shape index (κ2) is 14.2. The molecule has 1 atom stereocenters. The Bertz CT molecular complexity index is 1240. The molecular formula is C35H46N2O. The Morgan fingerprint density at radius 3 is 2.08 bits per heavy atom. The van der Waals surface area contributed by atoms with Crippen LogP contribution in [0.2, 0.25) is 0 Å². The molecule has 5 rings (SSSR count). The highest BCUT2D eigenvalue weighted by molar-refractivity contribution is 5.80. The van der Waals surface area contributed by atoms with Crippen molar-refractivity contribution in [1.82, 2.24) is 9.88 Å². The number of benzene rings is 3. The number of aliphatic hydroxyl groups is 1. The van der Waals surface area contributed by atoms with Gasteiger partial charge in [0, 0.05) is 36.6 Å². The second-order valence-electron chi connectivity index (χ2n) is 9.78. The quantitative estimate of drug-likeness (QED) is 0.283. The van der Waals surface area contributed by atoms with Gasteiger partial charge >= 0.3 is 0 Å². The standard InChI is InChI=1S/C31H34N2O.2C2H6/c1-3-28-27(21-26-11-7-8-12-29(26)32-28)30(25-9-5-4-6-10-25)31(34)17-19-33(20-18-31)22-24-15-13-23(2)14-16-24;2*1-2/h4-16,21,30,34H,3,17-20,22H2,1-2H3;2*1-2H3. The SMILES string of the molecule is CC.CC.CCc1nc2ccccc2cc1C(c1ccccc1)C1(O)CCN(Cc2ccc(C)cc2)CC1. The van der Waals surface area contributed by atoms with Crippen molar-refractivity contribution in [3.05, 3.63) is 113 Å². The fourth-order valence-electron chi connectivity index (χ4n) is 5.47. The second-order valence-corrected chi connectivity index (χ2v) is 9.78. The van der Waals surface area contributed by atoms with Gasteiger partial charge in [-0.15, -0.1) is 0 Å². The molecule has 1 fully saturated rings. The van der Waals surface area contributed by atoms with E-state index in [1.165, 1.54) is 22.3 Å². The molecule has 3 nitrogen and oxygen atoms in total. The summed E-state index contributed by atoms with van der Waals surface area (Å²) in [5, 5.41) is 13.3. The van der Waals surface area contributed by atoms with E-state index in [0.717, 1.165) is 55.5 Å². The number of hydrogen-bond acceptors (Lipinski definition) is 3. The van der Waals surface area contributed by atoms with E-state index in [4.69, 9.17) is 4.98 Å². The number of fused-ring (bicyclic) bond motifs is 1. The van der Waals surface area contributed by atoms with Crippen LogP contribution < -0.4 is 0 Å². The molecule has 2 heterocycles. The van der Waals surface area contributed by atoms with Crippen molar-refractivity contribution in [2.45, 2.75) is 78.9 Å². The van der Waals surface area contributed by atoms with Crippen LogP contribution >= 0.6 is 0 Å². The van der Waals surface area contributed by atoms with E-state index in [2.05, 4.69) is 91.5 Å². The van der Waals surface area contributed by atoms with Crippen LogP contribution in [0.15, 0.2) is 84.9 Å². The Morgan fingerprint density at radius 1 is 0.842 bits per heavy atom. The minimum Gasteiger partial charge on any atom is -0.389 e. The van der Waals surface area contributed by atoms with Crippen LogP contribution in [0.3, 0.4) is 0 Å². The van der Waals surface area contributed by atoms with E-state index in [1.54, 1.807) is 0 Å². The third kappa shape index (κ3) is 6.89. The molecule has 202 valence electrons. The number of likely N-dealkylation sites (tertiary alicyclic amines) is 1. The molecular weight excluding hydrogens is 464 g/mol. The Balaban J connectivity index is 0.000000956. The number of piperidine rings is 1. The lowest BCUT2D eigenvalue weighted by atomic mass is 9.71. The number of aryl methyl sites for hydroxylation is 2. The topological polar surface area (TPSA) is 36.4 Å². The molecule has 1 N–H and O–H groups in total. The van der Waals surface area contributed by atoms with E-state index in [1.807, 2.05) is 39.8 Å². The van der Waals surface area contributed by atoms with Crippen LogP contribution in [0.4, 0.5) is 0 Å². The largest absolute Gasteiger partial charge is 0.389 e. The molecule has 3 aromatic carbocycles. The van der Waals surface area contributed by atoms with E-state index < -0.39 is 5.60 Å². The van der Waals surface area contributed by atoms with Crippen LogP contribution in [-0.4, -0.2) is 33.7 Å². The van der Waals surface area contributed by atoms with E-state index in [9.17, 15) is 5.11 Å². The fourth-order valence-corrected chi connectivity index (χ4v) is 5.47. The van der Waals surface area contributed by atoms with Crippen molar-refractivity contribution >= 4 is 10.9 Å². The maximum absolute atomic E-state index is 12.2. The van der Waals surface area contributed by atoms with Crippen LogP contribution in [0.25, 0.3) is 10.9 Å². The van der Waals surface area contributed by atoms with Crippen molar-refractivity contribution in [1.29, 1.82) is 0 Å². The van der Waals surface area contributed by atoms with Gasteiger partial charge < -0.3 is 5.11 Å². The van der Waals surface area contributed by atoms with E-state index in [0.29, 0.717) is 0 Å². The first-order chi connectivity index (χ1) is 18.6. The first-order valence-corrected chi connectivity index (χ1v) is 14.5. The summed E-state index contributed by atoms with van der Waals surface area (Å²) in [6, 6.07) is 29.9. The molecule has 1 aromatic heterocycles. The molecule has 3 heteroatoms. The van der Waals surface area contributed by atoms with Gasteiger partial charge in [-0.25, -0.2) is 0 Å². The van der Waals surface area contributed by atoms with Gasteiger partial charge in [-0.2, -0.15) is 0 Å². The normalized spacial score (nSPS) is 15.6. The number of rotatable bonds is 6. The fraction of sp³-hybridized carbons (Fsp3) is 0.400. The molecule has 0 amide bonds. The van der Waals surface area contributed by atoms with Crippen molar-refractivity contribution in [3.63, 3.8) is 0 Å². The molecule has 0 bridgehead atoms. The lowest BCUT2D eigenvalue weighted by molar-refractivity contribution is -0.0357. The van der Waals surface area contributed by atoms with Gasteiger partial charge in [-0.05, 0) is 55.0 Å². The summed E-state index contributed by atoms with van der Waals surface area (Å²) >= 11 is 0. The molecule has 1 saturated heterocycles. The van der Waals surface area contributed by atoms with Crippen LogP contribution in [0.1, 0.15) is 81.3 Å². The number of hydrogen-bond donors (Lipinski definition) is 1. The first kappa shape index (κ1) is 29.5. The predicted octanol–water partition coefficient (Wildman–Crippen LogP) is 8.32. The Labute approximate surface area is 230 Å². The van der Waals surface area contributed by atoms with Gasteiger partial charge in [0.05, 0.1) is 11.1 Å². The number of nitrogens with zero attached hydrogens (tertiary/aromatic N) is 2. The summed E-state index contributed by atoms with van der Waals surface area (Å²) in [6.07, 6.45) is 2.34. The Kier molecular flexibility index (Phi) is 11.1. The minimum absolute atomic E-state index is 0.0951. The third-order valence-corrected chi connectivity index (χ3v) is 7.40. The molecule has 0 spiro atoms. The molecule has 0 aliphatic carbocycles. The van der Waals surface area contributed by atoms with Gasteiger partial charge in [0.25, 0.3) is 0 Å². The average Bonchev–Trinajstić information content (AvgIpc) is 2.98. The van der Waals surface area contributed by atoms with Gasteiger partial charge in [-0.3, -0.25) is 9.88 Å². The molecule has 1 aliphatic heterocycles. The zero-order valence-corrected chi connectivity index (χ0v) is 24.2. The smallest absolute Gasteiger partial charge is 0.0781 e.